The molecule has 0 aromatic rings. The number of aliphatic imine (C=N–C) groups is 1. The molecule has 0 saturated heterocycles. The maximum atomic E-state index is 9.83. The van der Waals surface area contributed by atoms with Crippen LogP contribution in [-0.2, 0) is 0 Å². The number of rotatable bonds is 5. The van der Waals surface area contributed by atoms with Crippen molar-refractivity contribution in [2.45, 2.75) is 59.6 Å². The van der Waals surface area contributed by atoms with Gasteiger partial charge < -0.3 is 5.11 Å². The van der Waals surface area contributed by atoms with Crippen LogP contribution in [0.5, 0.6) is 0 Å². The lowest BCUT2D eigenvalue weighted by atomic mass is 10.1. The van der Waals surface area contributed by atoms with E-state index in [9.17, 15) is 5.11 Å². The fourth-order valence-corrected chi connectivity index (χ4v) is 1.23. The smallest absolute Gasteiger partial charge is 0.0955 e. The van der Waals surface area contributed by atoms with Gasteiger partial charge in [0.1, 0.15) is 0 Å². The summed E-state index contributed by atoms with van der Waals surface area (Å²) < 4.78 is 0. The van der Waals surface area contributed by atoms with E-state index in [0.29, 0.717) is 0 Å². The number of hydrogen-bond donors (Lipinski definition) is 1. The maximum Gasteiger partial charge on any atom is 0.0955 e. The molecule has 0 radical (unpaired) electrons. The zero-order chi connectivity index (χ0) is 11.1. The molecule has 0 amide bonds. The van der Waals surface area contributed by atoms with Gasteiger partial charge in [0.2, 0.25) is 0 Å². The minimum Gasteiger partial charge on any atom is -0.387 e. The highest BCUT2D eigenvalue weighted by Gasteiger charge is 2.09. The second kappa shape index (κ2) is 6.77. The molecule has 0 aromatic carbocycles. The molecule has 1 unspecified atom stereocenters. The molecule has 0 spiro atoms. The van der Waals surface area contributed by atoms with Gasteiger partial charge in [-0.2, -0.15) is 0 Å². The Kier molecular flexibility index (Phi) is 6.46. The van der Waals surface area contributed by atoms with Gasteiger partial charge in [-0.25, -0.2) is 0 Å². The van der Waals surface area contributed by atoms with E-state index in [1.807, 2.05) is 33.8 Å². The predicted octanol–water partition coefficient (Wildman–Crippen LogP) is 2.96. The summed E-state index contributed by atoms with van der Waals surface area (Å²) in [5, 5.41) is 9.83. The highest BCUT2D eigenvalue weighted by Crippen LogP contribution is 2.05. The molecule has 14 heavy (non-hydrogen) atoms. The average molecular weight is 197 g/mol. The van der Waals surface area contributed by atoms with Gasteiger partial charge in [-0.05, 0) is 40.2 Å². The van der Waals surface area contributed by atoms with Gasteiger partial charge in [0.15, 0.2) is 0 Å². The molecule has 0 aliphatic heterocycles. The molecular formula is C12H23NO. The lowest BCUT2D eigenvalue weighted by Crippen LogP contribution is -2.20. The molecule has 1 N–H and O–H groups in total. The Balaban J connectivity index is 4.64. The van der Waals surface area contributed by atoms with E-state index in [-0.39, 0.29) is 6.04 Å². The van der Waals surface area contributed by atoms with Crippen LogP contribution in [0.3, 0.4) is 0 Å². The normalized spacial score (nSPS) is 14.4. The molecule has 82 valence electrons. The zero-order valence-corrected chi connectivity index (χ0v) is 10.0. The number of aliphatic hydroxyl groups is 1. The van der Waals surface area contributed by atoms with Crippen LogP contribution in [0.25, 0.3) is 0 Å². The topological polar surface area (TPSA) is 32.6 Å². The van der Waals surface area contributed by atoms with Gasteiger partial charge in [-0.15, -0.1) is 0 Å². The van der Waals surface area contributed by atoms with Crippen molar-refractivity contribution in [1.82, 2.24) is 0 Å². The zero-order valence-electron chi connectivity index (χ0n) is 10.0. The summed E-state index contributed by atoms with van der Waals surface area (Å²) in [5.74, 6) is 0. The summed E-state index contributed by atoms with van der Waals surface area (Å²) >= 11 is 0. The average Bonchev–Trinajstić information content (AvgIpc) is 2.01. The lowest BCUT2D eigenvalue weighted by Gasteiger charge is -2.11. The van der Waals surface area contributed by atoms with Crippen LogP contribution in [0.4, 0.5) is 0 Å². The van der Waals surface area contributed by atoms with Gasteiger partial charge in [0, 0.05) is 6.04 Å². The molecule has 0 saturated carbocycles. The van der Waals surface area contributed by atoms with E-state index in [0.717, 1.165) is 18.6 Å². The first-order chi connectivity index (χ1) is 6.47. The molecule has 0 aliphatic carbocycles. The third-order valence-corrected chi connectivity index (χ3v) is 1.75. The van der Waals surface area contributed by atoms with E-state index in [1.54, 1.807) is 0 Å². The first-order valence-corrected chi connectivity index (χ1v) is 5.38. The van der Waals surface area contributed by atoms with Crippen molar-refractivity contribution in [1.29, 1.82) is 0 Å². The summed E-state index contributed by atoms with van der Waals surface area (Å²) in [4.78, 5) is 4.43. The van der Waals surface area contributed by atoms with Gasteiger partial charge >= 0.3 is 0 Å². The third kappa shape index (κ3) is 5.92. The molecule has 0 heterocycles. The summed E-state index contributed by atoms with van der Waals surface area (Å²) in [5.41, 5.74) is 2.00. The van der Waals surface area contributed by atoms with Crippen LogP contribution < -0.4 is 0 Å². The van der Waals surface area contributed by atoms with Crippen molar-refractivity contribution in [3.63, 3.8) is 0 Å². The third-order valence-electron chi connectivity index (χ3n) is 1.75. The lowest BCUT2D eigenvalue weighted by molar-refractivity contribution is 0.230. The summed E-state index contributed by atoms with van der Waals surface area (Å²) in [6, 6.07) is 0.243. The van der Waals surface area contributed by atoms with Crippen LogP contribution in [0.2, 0.25) is 0 Å². The van der Waals surface area contributed by atoms with Gasteiger partial charge in [-0.1, -0.05) is 18.9 Å². The fraction of sp³-hybridized carbons (Fsp3) is 0.750. The summed E-state index contributed by atoms with van der Waals surface area (Å²) in [6.45, 7) is 10.2. The van der Waals surface area contributed by atoms with E-state index in [2.05, 4.69) is 11.9 Å². The molecule has 0 aliphatic rings. The molecule has 2 heteroatoms. The summed E-state index contributed by atoms with van der Waals surface area (Å²) in [6.07, 6.45) is 3.34. The number of allylic oxidation sites excluding steroid dienone is 1. The maximum absolute atomic E-state index is 9.83. The molecule has 0 bridgehead atoms. The van der Waals surface area contributed by atoms with Crippen molar-refractivity contribution in [2.75, 3.05) is 0 Å². The van der Waals surface area contributed by atoms with Crippen LogP contribution >= 0.6 is 0 Å². The fourth-order valence-electron chi connectivity index (χ4n) is 1.23. The standard InChI is InChI=1S/C12H23NO/c1-6-7-12(14)11(8-9(2)3)13-10(4)5/h8,10,12,14H,6-7H2,1-5H3. The Labute approximate surface area is 87.8 Å². The Morgan fingerprint density at radius 1 is 1.36 bits per heavy atom. The second-order valence-electron chi connectivity index (χ2n) is 4.17. The monoisotopic (exact) mass is 197 g/mol. The van der Waals surface area contributed by atoms with Crippen LogP contribution in [0.1, 0.15) is 47.5 Å². The van der Waals surface area contributed by atoms with E-state index in [4.69, 9.17) is 0 Å². The van der Waals surface area contributed by atoms with E-state index < -0.39 is 6.10 Å². The molecule has 0 rings (SSSR count). The summed E-state index contributed by atoms with van der Waals surface area (Å²) in [7, 11) is 0. The van der Waals surface area contributed by atoms with Gasteiger partial charge in [0.05, 0.1) is 11.8 Å². The van der Waals surface area contributed by atoms with E-state index >= 15 is 0 Å². The molecule has 0 aromatic heterocycles. The van der Waals surface area contributed by atoms with Crippen molar-refractivity contribution >= 4 is 5.71 Å². The Bertz CT molecular complexity index is 212. The number of aliphatic hydroxyl groups excluding tert-OH is 1. The van der Waals surface area contributed by atoms with Gasteiger partial charge in [-0.3, -0.25) is 4.99 Å². The molecule has 0 fully saturated rings. The molecule has 1 atom stereocenters. The van der Waals surface area contributed by atoms with Crippen molar-refractivity contribution < 1.29 is 5.11 Å². The number of nitrogens with zero attached hydrogens (tertiary/aromatic N) is 1. The first-order valence-electron chi connectivity index (χ1n) is 5.38. The minimum atomic E-state index is -0.405. The number of hydrogen-bond acceptors (Lipinski definition) is 2. The predicted molar refractivity (Wildman–Crippen MR) is 62.9 cm³/mol. The van der Waals surface area contributed by atoms with Gasteiger partial charge in [0.25, 0.3) is 0 Å². The Hall–Kier alpha value is -0.630. The second-order valence-corrected chi connectivity index (χ2v) is 4.17. The van der Waals surface area contributed by atoms with Crippen molar-refractivity contribution in [3.8, 4) is 0 Å². The van der Waals surface area contributed by atoms with Crippen molar-refractivity contribution in [3.05, 3.63) is 11.6 Å². The first kappa shape index (κ1) is 13.4. The minimum absolute atomic E-state index is 0.243. The van der Waals surface area contributed by atoms with E-state index in [1.165, 1.54) is 5.57 Å². The largest absolute Gasteiger partial charge is 0.387 e. The van der Waals surface area contributed by atoms with Crippen molar-refractivity contribution in [2.24, 2.45) is 4.99 Å². The molecule has 2 nitrogen and oxygen atoms in total. The Morgan fingerprint density at radius 3 is 2.29 bits per heavy atom. The highest BCUT2D eigenvalue weighted by atomic mass is 16.3. The Morgan fingerprint density at radius 2 is 1.93 bits per heavy atom. The van der Waals surface area contributed by atoms with Crippen LogP contribution in [0.15, 0.2) is 16.6 Å². The quantitative estimate of drug-likeness (QED) is 0.675. The SMILES string of the molecule is CCCC(O)C(C=C(C)C)=NC(C)C. The van der Waals surface area contributed by atoms with Crippen LogP contribution in [-0.4, -0.2) is 23.0 Å². The molecular weight excluding hydrogens is 174 g/mol. The highest BCUT2D eigenvalue weighted by molar-refractivity contribution is 5.98. The van der Waals surface area contributed by atoms with Crippen LogP contribution in [0, 0.1) is 0 Å².